The van der Waals surface area contributed by atoms with Gasteiger partial charge in [0.25, 0.3) is 11.8 Å². The molecule has 0 bridgehead atoms. The van der Waals surface area contributed by atoms with E-state index in [1.807, 2.05) is 0 Å². The van der Waals surface area contributed by atoms with Gasteiger partial charge in [-0.2, -0.15) is 0 Å². The van der Waals surface area contributed by atoms with Crippen molar-refractivity contribution in [3.8, 4) is 0 Å². The van der Waals surface area contributed by atoms with Crippen molar-refractivity contribution in [3.63, 3.8) is 0 Å². The van der Waals surface area contributed by atoms with Crippen LogP contribution in [-0.4, -0.2) is 179 Å². The van der Waals surface area contributed by atoms with Crippen molar-refractivity contribution < 1.29 is 66.5 Å². The molecule has 0 spiro atoms. The van der Waals surface area contributed by atoms with E-state index in [-0.39, 0.29) is 24.0 Å². The number of hydrogen-bond acceptors (Lipinski definition) is 15. The summed E-state index contributed by atoms with van der Waals surface area (Å²) in [7, 11) is 0. The maximum absolute atomic E-state index is 13.1. The number of hydrogen-bond donors (Lipinski definition) is 2. The van der Waals surface area contributed by atoms with Crippen LogP contribution >= 0.6 is 15.9 Å². The monoisotopic (exact) mass is 819 g/mol. The molecule has 0 aliphatic carbocycles. The van der Waals surface area contributed by atoms with E-state index in [0.29, 0.717) is 144 Å². The van der Waals surface area contributed by atoms with Crippen molar-refractivity contribution in [1.29, 1.82) is 0 Å². The molecule has 4 amide bonds. The highest BCUT2D eigenvalue weighted by atomic mass is 79.9. The number of carbonyl (C=O) groups is 4. The number of anilines is 1. The van der Waals surface area contributed by atoms with Gasteiger partial charge in [-0.3, -0.25) is 29.4 Å². The Bertz CT molecular complexity index is 1210. The summed E-state index contributed by atoms with van der Waals surface area (Å²) in [6, 6.07) is 3.91. The van der Waals surface area contributed by atoms with Gasteiger partial charge in [0.2, 0.25) is 11.8 Å². The standard InChI is InChI=1S/C35H54BrN3O14/c36-6-8-44-10-12-46-14-16-48-18-20-50-22-24-52-26-27-53-25-23-51-21-19-49-17-15-47-13-11-45-9-7-37-29-3-1-2-28-32(29)35(43)39(34(28)42)30-4-5-31(40)38-33(30)41/h1-3,30,37H,4-27H2,(H,38,40,41). The van der Waals surface area contributed by atoms with Crippen molar-refractivity contribution >= 4 is 45.2 Å². The van der Waals surface area contributed by atoms with E-state index >= 15 is 0 Å². The van der Waals surface area contributed by atoms with E-state index in [1.165, 1.54) is 0 Å². The molecule has 17 nitrogen and oxygen atoms in total. The van der Waals surface area contributed by atoms with Crippen molar-refractivity contribution in [3.05, 3.63) is 29.3 Å². The van der Waals surface area contributed by atoms with Crippen LogP contribution in [0, 0.1) is 0 Å². The molecule has 1 aromatic carbocycles. The van der Waals surface area contributed by atoms with E-state index in [4.69, 9.17) is 47.4 Å². The number of benzene rings is 1. The number of nitrogens with one attached hydrogen (secondary N) is 2. The molecule has 1 unspecified atom stereocenters. The molecule has 0 aromatic heterocycles. The number of halogens is 1. The van der Waals surface area contributed by atoms with Gasteiger partial charge in [0.15, 0.2) is 0 Å². The van der Waals surface area contributed by atoms with Gasteiger partial charge < -0.3 is 52.7 Å². The van der Waals surface area contributed by atoms with Crippen LogP contribution in [0.5, 0.6) is 0 Å². The van der Waals surface area contributed by atoms with Crippen LogP contribution in [0.2, 0.25) is 0 Å². The smallest absolute Gasteiger partial charge is 0.264 e. The number of carbonyl (C=O) groups excluding carboxylic acids is 4. The largest absolute Gasteiger partial charge is 0.382 e. The first kappa shape index (κ1) is 44.8. The van der Waals surface area contributed by atoms with Crippen LogP contribution in [0.25, 0.3) is 0 Å². The van der Waals surface area contributed by atoms with Gasteiger partial charge >= 0.3 is 0 Å². The van der Waals surface area contributed by atoms with Gasteiger partial charge in [-0.1, -0.05) is 22.0 Å². The number of nitrogens with zero attached hydrogens (tertiary/aromatic N) is 1. The molecule has 1 atom stereocenters. The average molecular weight is 821 g/mol. The maximum atomic E-state index is 13.1. The maximum Gasteiger partial charge on any atom is 0.264 e. The lowest BCUT2D eigenvalue weighted by Crippen LogP contribution is -2.54. The zero-order valence-electron chi connectivity index (χ0n) is 30.3. The highest BCUT2D eigenvalue weighted by Gasteiger charge is 2.45. The molecule has 53 heavy (non-hydrogen) atoms. The minimum absolute atomic E-state index is 0.0665. The van der Waals surface area contributed by atoms with Crippen LogP contribution in [0.4, 0.5) is 5.69 Å². The van der Waals surface area contributed by atoms with Gasteiger partial charge in [-0.05, 0) is 18.6 Å². The number of rotatable bonds is 34. The Morgan fingerprint density at radius 1 is 0.585 bits per heavy atom. The summed E-state index contributed by atoms with van der Waals surface area (Å²) < 4.78 is 54.6. The van der Waals surface area contributed by atoms with Crippen LogP contribution < -0.4 is 10.6 Å². The van der Waals surface area contributed by atoms with E-state index in [9.17, 15) is 19.2 Å². The Labute approximate surface area is 319 Å². The summed E-state index contributed by atoms with van der Waals surface area (Å²) in [6.07, 6.45) is 0.171. The zero-order chi connectivity index (χ0) is 37.8. The van der Waals surface area contributed by atoms with Gasteiger partial charge in [0, 0.05) is 24.0 Å². The SMILES string of the molecule is O=C1CCC(N2C(=O)c3cccc(NCCOCCOCCOCCOCCOCCOCCOCCOCCOCCOCCBr)c3C2=O)C(=O)N1. The van der Waals surface area contributed by atoms with E-state index in [2.05, 4.69) is 26.6 Å². The number of piperidine rings is 1. The fourth-order valence-electron chi connectivity index (χ4n) is 5.06. The summed E-state index contributed by atoms with van der Waals surface area (Å²) in [5.41, 5.74) is 0.910. The molecule has 1 aromatic rings. The molecule has 2 heterocycles. The molecule has 3 rings (SSSR count). The molecule has 2 N–H and O–H groups in total. The first-order valence-corrected chi connectivity index (χ1v) is 19.1. The fourth-order valence-corrected chi connectivity index (χ4v) is 5.28. The lowest BCUT2D eigenvalue weighted by molar-refractivity contribution is -0.136. The molecule has 2 aliphatic rings. The van der Waals surface area contributed by atoms with E-state index in [0.717, 1.165) is 10.2 Å². The summed E-state index contributed by atoms with van der Waals surface area (Å²) >= 11 is 3.30. The number of imide groups is 2. The molecule has 18 heteroatoms. The van der Waals surface area contributed by atoms with Crippen molar-refractivity contribution in [2.75, 3.05) is 149 Å². The first-order chi connectivity index (χ1) is 26.0. The highest BCUT2D eigenvalue weighted by Crippen LogP contribution is 2.32. The normalized spacial score (nSPS) is 15.7. The average Bonchev–Trinajstić information content (AvgIpc) is 3.41. The van der Waals surface area contributed by atoms with Gasteiger partial charge in [-0.15, -0.1) is 0 Å². The molecular weight excluding hydrogens is 766 g/mol. The fraction of sp³-hybridized carbons (Fsp3) is 0.714. The Morgan fingerprint density at radius 2 is 1.00 bits per heavy atom. The molecule has 1 saturated heterocycles. The minimum atomic E-state index is -1.01. The molecule has 0 radical (unpaired) electrons. The quantitative estimate of drug-likeness (QED) is 0.0571. The van der Waals surface area contributed by atoms with Crippen LogP contribution in [0.15, 0.2) is 18.2 Å². The second kappa shape index (κ2) is 28.8. The minimum Gasteiger partial charge on any atom is -0.382 e. The van der Waals surface area contributed by atoms with Crippen molar-refractivity contribution in [2.24, 2.45) is 0 Å². The Kier molecular flexibility index (Phi) is 24.3. The predicted molar refractivity (Wildman–Crippen MR) is 194 cm³/mol. The van der Waals surface area contributed by atoms with Gasteiger partial charge in [-0.25, -0.2) is 0 Å². The number of ether oxygens (including phenoxy) is 10. The first-order valence-electron chi connectivity index (χ1n) is 18.0. The van der Waals surface area contributed by atoms with E-state index < -0.39 is 29.7 Å². The third-order valence-corrected chi connectivity index (χ3v) is 7.92. The zero-order valence-corrected chi connectivity index (χ0v) is 31.9. The molecule has 0 saturated carbocycles. The van der Waals surface area contributed by atoms with Crippen LogP contribution in [0.1, 0.15) is 33.6 Å². The predicted octanol–water partition coefficient (Wildman–Crippen LogP) is 1.06. The second-order valence-corrected chi connectivity index (χ2v) is 12.2. The molecule has 1 fully saturated rings. The number of fused-ring (bicyclic) bond motifs is 1. The Balaban J connectivity index is 1.03. The number of alkyl halides is 1. The molecule has 300 valence electrons. The summed E-state index contributed by atoms with van der Waals surface area (Å²) in [6.45, 7) is 10.0. The van der Waals surface area contributed by atoms with Crippen LogP contribution in [0.3, 0.4) is 0 Å². The van der Waals surface area contributed by atoms with Crippen LogP contribution in [-0.2, 0) is 57.0 Å². The van der Waals surface area contributed by atoms with Crippen molar-refractivity contribution in [2.45, 2.75) is 18.9 Å². The Hall–Kier alpha value is -2.62. The topological polar surface area (TPSA) is 188 Å². The lowest BCUT2D eigenvalue weighted by Gasteiger charge is -2.27. The summed E-state index contributed by atoms with van der Waals surface area (Å²) in [5, 5.41) is 6.15. The van der Waals surface area contributed by atoms with Gasteiger partial charge in [0.1, 0.15) is 6.04 Å². The van der Waals surface area contributed by atoms with E-state index in [1.54, 1.807) is 18.2 Å². The van der Waals surface area contributed by atoms with Gasteiger partial charge in [0.05, 0.1) is 143 Å². The van der Waals surface area contributed by atoms with Crippen molar-refractivity contribution in [1.82, 2.24) is 10.2 Å². The lowest BCUT2D eigenvalue weighted by atomic mass is 10.0. The summed E-state index contributed by atoms with van der Waals surface area (Å²) in [5.74, 6) is -2.17. The third kappa shape index (κ3) is 18.0. The third-order valence-electron chi connectivity index (χ3n) is 7.60. The molecular formula is C35H54BrN3O14. The second-order valence-electron chi connectivity index (χ2n) is 11.4. The number of amides is 4. The Morgan fingerprint density at radius 3 is 1.42 bits per heavy atom. The highest BCUT2D eigenvalue weighted by molar-refractivity contribution is 9.09. The molecule has 2 aliphatic heterocycles. The summed E-state index contributed by atoms with van der Waals surface area (Å²) in [4.78, 5) is 50.8.